The maximum Gasteiger partial charge on any atom is 0.271 e. The highest BCUT2D eigenvalue weighted by Crippen LogP contribution is 2.02. The standard InChI is InChI=1S/C11H15ClN4O2/c12-10-2-1-9(14-15-10)11(17)13-3-4-16-5-7-18-8-6-16/h1-2H,3-8H2,(H,13,17). The minimum atomic E-state index is -0.229. The van der Waals surface area contributed by atoms with Crippen LogP contribution in [0.4, 0.5) is 0 Å². The summed E-state index contributed by atoms with van der Waals surface area (Å²) in [6.07, 6.45) is 0. The van der Waals surface area contributed by atoms with Crippen molar-refractivity contribution in [2.45, 2.75) is 0 Å². The first-order valence-corrected chi connectivity index (χ1v) is 6.21. The van der Waals surface area contributed by atoms with Crippen LogP contribution >= 0.6 is 11.6 Å². The van der Waals surface area contributed by atoms with Gasteiger partial charge in [-0.3, -0.25) is 9.69 Å². The Morgan fingerprint density at radius 3 is 2.83 bits per heavy atom. The van der Waals surface area contributed by atoms with Crippen molar-refractivity contribution >= 4 is 17.5 Å². The van der Waals surface area contributed by atoms with E-state index in [1.807, 2.05) is 0 Å². The van der Waals surface area contributed by atoms with E-state index in [2.05, 4.69) is 20.4 Å². The summed E-state index contributed by atoms with van der Waals surface area (Å²) >= 11 is 5.60. The number of carbonyl (C=O) groups excluding carboxylic acids is 1. The molecule has 0 saturated carbocycles. The number of rotatable bonds is 4. The quantitative estimate of drug-likeness (QED) is 0.846. The number of ether oxygens (including phenoxy) is 1. The van der Waals surface area contributed by atoms with Crippen LogP contribution < -0.4 is 5.32 Å². The molecule has 1 aromatic heterocycles. The van der Waals surface area contributed by atoms with Crippen LogP contribution in [0.3, 0.4) is 0 Å². The Bertz CT molecular complexity index is 393. The third kappa shape index (κ3) is 3.90. The molecule has 0 bridgehead atoms. The second-order valence-corrected chi connectivity index (χ2v) is 4.34. The van der Waals surface area contributed by atoms with Gasteiger partial charge in [0, 0.05) is 26.2 Å². The van der Waals surface area contributed by atoms with Gasteiger partial charge in [0.05, 0.1) is 13.2 Å². The highest BCUT2D eigenvalue weighted by Gasteiger charge is 2.11. The number of morpholine rings is 1. The highest BCUT2D eigenvalue weighted by atomic mass is 35.5. The number of nitrogens with one attached hydrogen (secondary N) is 1. The first-order valence-electron chi connectivity index (χ1n) is 5.83. The zero-order valence-electron chi connectivity index (χ0n) is 9.93. The second-order valence-electron chi connectivity index (χ2n) is 3.95. The lowest BCUT2D eigenvalue weighted by molar-refractivity contribution is 0.0383. The van der Waals surface area contributed by atoms with Gasteiger partial charge in [0.1, 0.15) is 0 Å². The van der Waals surface area contributed by atoms with Gasteiger partial charge in [-0.05, 0) is 12.1 Å². The van der Waals surface area contributed by atoms with E-state index in [1.54, 1.807) is 12.1 Å². The first kappa shape index (κ1) is 13.2. The Morgan fingerprint density at radius 1 is 1.39 bits per heavy atom. The lowest BCUT2D eigenvalue weighted by atomic mass is 10.3. The average Bonchev–Trinajstić information content (AvgIpc) is 2.40. The van der Waals surface area contributed by atoms with Crippen molar-refractivity contribution in [3.05, 3.63) is 23.0 Å². The predicted octanol–water partition coefficient (Wildman–Crippen LogP) is 0.192. The van der Waals surface area contributed by atoms with E-state index in [-0.39, 0.29) is 16.8 Å². The topological polar surface area (TPSA) is 67.4 Å². The van der Waals surface area contributed by atoms with Crippen LogP contribution in [0, 0.1) is 0 Å². The normalized spacial score (nSPS) is 16.5. The third-order valence-corrected chi connectivity index (χ3v) is 2.88. The van der Waals surface area contributed by atoms with Gasteiger partial charge in [0.15, 0.2) is 10.8 Å². The Balaban J connectivity index is 1.72. The van der Waals surface area contributed by atoms with Crippen molar-refractivity contribution in [3.8, 4) is 0 Å². The smallest absolute Gasteiger partial charge is 0.271 e. The predicted molar refractivity (Wildman–Crippen MR) is 66.6 cm³/mol. The van der Waals surface area contributed by atoms with E-state index >= 15 is 0 Å². The van der Waals surface area contributed by atoms with Gasteiger partial charge in [-0.1, -0.05) is 11.6 Å². The van der Waals surface area contributed by atoms with Crippen LogP contribution in [0.15, 0.2) is 12.1 Å². The van der Waals surface area contributed by atoms with Crippen LogP contribution in [-0.4, -0.2) is 60.4 Å². The van der Waals surface area contributed by atoms with Crippen molar-refractivity contribution < 1.29 is 9.53 Å². The number of hydrogen-bond donors (Lipinski definition) is 1. The van der Waals surface area contributed by atoms with Gasteiger partial charge in [-0.25, -0.2) is 0 Å². The molecule has 0 atom stereocenters. The molecule has 7 heteroatoms. The maximum absolute atomic E-state index is 11.7. The molecular weight excluding hydrogens is 256 g/mol. The largest absolute Gasteiger partial charge is 0.379 e. The molecule has 1 amide bonds. The molecule has 0 radical (unpaired) electrons. The summed E-state index contributed by atoms with van der Waals surface area (Å²) < 4.78 is 5.25. The van der Waals surface area contributed by atoms with Crippen molar-refractivity contribution in [2.24, 2.45) is 0 Å². The maximum atomic E-state index is 11.7. The Morgan fingerprint density at radius 2 is 2.17 bits per heavy atom. The van der Waals surface area contributed by atoms with E-state index in [9.17, 15) is 4.79 Å². The van der Waals surface area contributed by atoms with E-state index < -0.39 is 0 Å². The molecule has 1 saturated heterocycles. The fourth-order valence-corrected chi connectivity index (χ4v) is 1.78. The van der Waals surface area contributed by atoms with Crippen molar-refractivity contribution in [3.63, 3.8) is 0 Å². The van der Waals surface area contributed by atoms with Gasteiger partial charge in [0.25, 0.3) is 5.91 Å². The van der Waals surface area contributed by atoms with E-state index in [0.29, 0.717) is 6.54 Å². The molecule has 1 fully saturated rings. The molecule has 0 aromatic carbocycles. The summed E-state index contributed by atoms with van der Waals surface area (Å²) in [5.74, 6) is -0.229. The summed E-state index contributed by atoms with van der Waals surface area (Å²) in [7, 11) is 0. The molecule has 0 spiro atoms. The third-order valence-electron chi connectivity index (χ3n) is 2.68. The Kier molecular flexibility index (Phi) is 4.86. The number of aromatic nitrogens is 2. The molecule has 6 nitrogen and oxygen atoms in total. The minimum Gasteiger partial charge on any atom is -0.379 e. The van der Waals surface area contributed by atoms with Crippen LogP contribution in [0.2, 0.25) is 5.15 Å². The van der Waals surface area contributed by atoms with Crippen LogP contribution in [0.25, 0.3) is 0 Å². The molecule has 98 valence electrons. The van der Waals surface area contributed by atoms with Gasteiger partial charge in [-0.15, -0.1) is 10.2 Å². The van der Waals surface area contributed by atoms with E-state index in [0.717, 1.165) is 32.8 Å². The molecular formula is C11H15ClN4O2. The zero-order chi connectivity index (χ0) is 12.8. The molecule has 0 aliphatic carbocycles. The highest BCUT2D eigenvalue weighted by molar-refractivity contribution is 6.29. The fraction of sp³-hybridized carbons (Fsp3) is 0.545. The summed E-state index contributed by atoms with van der Waals surface area (Å²) in [6.45, 7) is 4.75. The molecule has 1 aliphatic rings. The average molecular weight is 271 g/mol. The number of hydrogen-bond acceptors (Lipinski definition) is 5. The van der Waals surface area contributed by atoms with Gasteiger partial charge in [0.2, 0.25) is 0 Å². The summed E-state index contributed by atoms with van der Waals surface area (Å²) in [5.41, 5.74) is 0.279. The molecule has 18 heavy (non-hydrogen) atoms. The van der Waals surface area contributed by atoms with Gasteiger partial charge in [-0.2, -0.15) is 0 Å². The Labute approximate surface area is 110 Å². The first-order chi connectivity index (χ1) is 8.75. The number of carbonyl (C=O) groups is 1. The van der Waals surface area contributed by atoms with Crippen LogP contribution in [-0.2, 0) is 4.74 Å². The molecule has 1 aliphatic heterocycles. The van der Waals surface area contributed by atoms with Crippen LogP contribution in [0.1, 0.15) is 10.5 Å². The van der Waals surface area contributed by atoms with Crippen LogP contribution in [0.5, 0.6) is 0 Å². The lowest BCUT2D eigenvalue weighted by Crippen LogP contribution is -2.41. The Hall–Kier alpha value is -1.24. The molecule has 2 heterocycles. The summed E-state index contributed by atoms with van der Waals surface area (Å²) in [4.78, 5) is 13.9. The molecule has 1 aromatic rings. The number of halogens is 1. The summed E-state index contributed by atoms with van der Waals surface area (Å²) in [5, 5.41) is 10.4. The molecule has 0 unspecified atom stereocenters. The van der Waals surface area contributed by atoms with E-state index in [1.165, 1.54) is 0 Å². The van der Waals surface area contributed by atoms with Gasteiger partial charge < -0.3 is 10.1 Å². The monoisotopic (exact) mass is 270 g/mol. The van der Waals surface area contributed by atoms with Crippen molar-refractivity contribution in [1.29, 1.82) is 0 Å². The summed E-state index contributed by atoms with van der Waals surface area (Å²) in [6, 6.07) is 3.10. The zero-order valence-corrected chi connectivity index (χ0v) is 10.7. The van der Waals surface area contributed by atoms with Gasteiger partial charge >= 0.3 is 0 Å². The van der Waals surface area contributed by atoms with Crippen molar-refractivity contribution in [2.75, 3.05) is 39.4 Å². The lowest BCUT2D eigenvalue weighted by Gasteiger charge is -2.26. The number of amides is 1. The SMILES string of the molecule is O=C(NCCN1CCOCC1)c1ccc(Cl)nn1. The second kappa shape index (κ2) is 6.63. The fourth-order valence-electron chi connectivity index (χ4n) is 1.68. The minimum absolute atomic E-state index is 0.229. The number of nitrogens with zero attached hydrogens (tertiary/aromatic N) is 3. The van der Waals surface area contributed by atoms with E-state index in [4.69, 9.17) is 16.3 Å². The van der Waals surface area contributed by atoms with Crippen molar-refractivity contribution in [1.82, 2.24) is 20.4 Å². The molecule has 1 N–H and O–H groups in total. The molecule has 2 rings (SSSR count).